The number of amides is 2. The van der Waals surface area contributed by atoms with Crippen LogP contribution in [0.4, 0.5) is 0 Å². The number of imide groups is 1. The van der Waals surface area contributed by atoms with E-state index >= 15 is 0 Å². The fourth-order valence-electron chi connectivity index (χ4n) is 0.986. The average molecular weight is 189 g/mol. The normalized spacial score (nSPS) is 10.0. The summed E-state index contributed by atoms with van der Waals surface area (Å²) in [5, 5.41) is 0. The van der Waals surface area contributed by atoms with Crippen LogP contribution in [0.2, 0.25) is 0 Å². The summed E-state index contributed by atoms with van der Waals surface area (Å²) in [6, 6.07) is 9.68. The third kappa shape index (κ3) is 3.23. The molecule has 1 aromatic rings. The Bertz CT molecular complexity index is 311. The molecule has 1 rings (SSSR count). The Morgan fingerprint density at radius 1 is 1.07 bits per heavy atom. The van der Waals surface area contributed by atoms with Crippen molar-refractivity contribution in [1.82, 2.24) is 4.90 Å². The van der Waals surface area contributed by atoms with Crippen molar-refractivity contribution in [3.05, 3.63) is 42.0 Å². The maximum Gasteiger partial charge on any atom is 0.216 e. The van der Waals surface area contributed by atoms with Crippen molar-refractivity contribution in [2.24, 2.45) is 0 Å². The molecule has 3 nitrogen and oxygen atoms in total. The van der Waals surface area contributed by atoms with E-state index in [-0.39, 0.29) is 0 Å². The van der Waals surface area contributed by atoms with E-state index < -0.39 is 0 Å². The van der Waals surface area contributed by atoms with Gasteiger partial charge in [0.1, 0.15) is 0 Å². The molecule has 0 atom stereocenters. The van der Waals surface area contributed by atoms with Gasteiger partial charge in [0.05, 0.1) is 0 Å². The van der Waals surface area contributed by atoms with Gasteiger partial charge in [-0.05, 0) is 5.56 Å². The second-order valence-corrected chi connectivity index (χ2v) is 2.72. The first-order valence-corrected chi connectivity index (χ1v) is 4.24. The Morgan fingerprint density at radius 2 is 1.71 bits per heavy atom. The Hall–Kier alpha value is -1.90. The maximum atomic E-state index is 10.2. The molecule has 14 heavy (non-hydrogen) atoms. The van der Waals surface area contributed by atoms with Gasteiger partial charge in [-0.2, -0.15) is 0 Å². The highest BCUT2D eigenvalue weighted by molar-refractivity contribution is 5.69. The number of hydrogen-bond acceptors (Lipinski definition) is 2. The van der Waals surface area contributed by atoms with Crippen molar-refractivity contribution in [3.8, 4) is 0 Å². The molecule has 0 radical (unpaired) electrons. The minimum Gasteiger partial charge on any atom is -0.284 e. The molecule has 2 amide bonds. The van der Waals surface area contributed by atoms with Gasteiger partial charge < -0.3 is 0 Å². The summed E-state index contributed by atoms with van der Waals surface area (Å²) in [6.45, 7) is 0.307. The third-order valence-electron chi connectivity index (χ3n) is 1.70. The molecule has 3 heteroatoms. The summed E-state index contributed by atoms with van der Waals surface area (Å²) < 4.78 is 0. The van der Waals surface area contributed by atoms with Crippen LogP contribution in [0, 0.1) is 0 Å². The topological polar surface area (TPSA) is 37.4 Å². The molecular formula is C11H11NO2. The van der Waals surface area contributed by atoms with Gasteiger partial charge in [0, 0.05) is 6.54 Å². The Morgan fingerprint density at radius 3 is 2.29 bits per heavy atom. The van der Waals surface area contributed by atoms with Crippen molar-refractivity contribution in [3.63, 3.8) is 0 Å². The molecule has 0 saturated carbocycles. The minimum atomic E-state index is 0.307. The van der Waals surface area contributed by atoms with Crippen LogP contribution in [0.3, 0.4) is 0 Å². The highest BCUT2D eigenvalue weighted by atomic mass is 16.2. The van der Waals surface area contributed by atoms with Crippen LogP contribution in [-0.2, 0) is 9.59 Å². The number of hydrogen-bond donors (Lipinski definition) is 0. The monoisotopic (exact) mass is 189 g/mol. The lowest BCUT2D eigenvalue weighted by Crippen LogP contribution is -2.19. The molecule has 0 unspecified atom stereocenters. The smallest absolute Gasteiger partial charge is 0.216 e. The zero-order valence-corrected chi connectivity index (χ0v) is 7.67. The van der Waals surface area contributed by atoms with Gasteiger partial charge in [0.15, 0.2) is 0 Å². The van der Waals surface area contributed by atoms with E-state index in [1.807, 2.05) is 36.4 Å². The van der Waals surface area contributed by atoms with Crippen molar-refractivity contribution in [1.29, 1.82) is 0 Å². The summed E-state index contributed by atoms with van der Waals surface area (Å²) in [5.74, 6) is 0. The Balaban J connectivity index is 2.49. The van der Waals surface area contributed by atoms with E-state index in [0.29, 0.717) is 19.4 Å². The molecule has 0 bridgehead atoms. The van der Waals surface area contributed by atoms with Crippen molar-refractivity contribution >= 4 is 18.9 Å². The van der Waals surface area contributed by atoms with Crippen molar-refractivity contribution in [2.75, 3.05) is 6.54 Å². The van der Waals surface area contributed by atoms with Gasteiger partial charge in [-0.1, -0.05) is 42.5 Å². The van der Waals surface area contributed by atoms with E-state index in [1.54, 1.807) is 6.08 Å². The molecule has 0 aromatic heterocycles. The number of rotatable bonds is 5. The Kier molecular flexibility index (Phi) is 4.14. The van der Waals surface area contributed by atoms with E-state index in [1.165, 1.54) is 0 Å². The second-order valence-electron chi connectivity index (χ2n) is 2.72. The van der Waals surface area contributed by atoms with E-state index in [2.05, 4.69) is 0 Å². The summed E-state index contributed by atoms with van der Waals surface area (Å²) in [7, 11) is 0. The van der Waals surface area contributed by atoms with Crippen LogP contribution in [0.15, 0.2) is 36.4 Å². The molecule has 0 aliphatic heterocycles. The number of carbonyl (C=O) groups excluding carboxylic acids is 2. The quantitative estimate of drug-likeness (QED) is 0.655. The van der Waals surface area contributed by atoms with E-state index in [4.69, 9.17) is 0 Å². The maximum absolute atomic E-state index is 10.2. The fraction of sp³-hybridized carbons (Fsp3) is 0.0909. The van der Waals surface area contributed by atoms with Crippen molar-refractivity contribution in [2.45, 2.75) is 0 Å². The first kappa shape index (κ1) is 10.2. The molecule has 0 N–H and O–H groups in total. The van der Waals surface area contributed by atoms with Crippen LogP contribution in [-0.4, -0.2) is 24.3 Å². The first-order chi connectivity index (χ1) is 6.86. The Labute approximate surface area is 82.6 Å². The van der Waals surface area contributed by atoms with Crippen LogP contribution in [0.1, 0.15) is 5.56 Å². The first-order valence-electron chi connectivity index (χ1n) is 4.24. The van der Waals surface area contributed by atoms with Crippen LogP contribution in [0.5, 0.6) is 0 Å². The zero-order valence-electron chi connectivity index (χ0n) is 7.67. The summed E-state index contributed by atoms with van der Waals surface area (Å²) in [6.07, 6.45) is 4.63. The van der Waals surface area contributed by atoms with E-state index in [0.717, 1.165) is 10.5 Å². The fourth-order valence-corrected chi connectivity index (χ4v) is 0.986. The number of benzene rings is 1. The number of carbonyl (C=O) groups is 2. The van der Waals surface area contributed by atoms with Gasteiger partial charge in [-0.3, -0.25) is 14.5 Å². The van der Waals surface area contributed by atoms with Crippen LogP contribution in [0.25, 0.3) is 6.08 Å². The summed E-state index contributed by atoms with van der Waals surface area (Å²) >= 11 is 0. The summed E-state index contributed by atoms with van der Waals surface area (Å²) in [4.78, 5) is 21.5. The second kappa shape index (κ2) is 5.70. The molecule has 0 spiro atoms. The van der Waals surface area contributed by atoms with E-state index in [9.17, 15) is 9.59 Å². The summed E-state index contributed by atoms with van der Waals surface area (Å²) in [5.41, 5.74) is 1.05. The zero-order chi connectivity index (χ0) is 10.2. The lowest BCUT2D eigenvalue weighted by molar-refractivity contribution is -0.128. The highest BCUT2D eigenvalue weighted by Gasteiger charge is 1.92. The molecular weight excluding hydrogens is 178 g/mol. The van der Waals surface area contributed by atoms with Gasteiger partial charge in [0.25, 0.3) is 0 Å². The molecule has 0 saturated heterocycles. The number of nitrogens with zero attached hydrogens (tertiary/aromatic N) is 1. The van der Waals surface area contributed by atoms with Gasteiger partial charge in [-0.25, -0.2) is 0 Å². The van der Waals surface area contributed by atoms with Crippen molar-refractivity contribution < 1.29 is 9.59 Å². The molecule has 72 valence electrons. The predicted molar refractivity (Wildman–Crippen MR) is 54.3 cm³/mol. The standard InChI is InChI=1S/C11H11NO2/c13-9-12(10-14)8-4-7-11-5-2-1-3-6-11/h1-7,9-10H,8H2/b7-4+. The average Bonchev–Trinajstić information content (AvgIpc) is 2.26. The predicted octanol–water partition coefficient (Wildman–Crippen LogP) is 1.31. The lowest BCUT2D eigenvalue weighted by atomic mass is 10.2. The SMILES string of the molecule is O=CN(C=O)C/C=C/c1ccccc1. The lowest BCUT2D eigenvalue weighted by Gasteiger charge is -2.02. The largest absolute Gasteiger partial charge is 0.284 e. The molecule has 0 fully saturated rings. The molecule has 0 heterocycles. The minimum absolute atomic E-state index is 0.307. The van der Waals surface area contributed by atoms with Crippen LogP contribution >= 0.6 is 0 Å². The molecule has 1 aromatic carbocycles. The third-order valence-corrected chi connectivity index (χ3v) is 1.70. The van der Waals surface area contributed by atoms with Gasteiger partial charge in [0.2, 0.25) is 12.8 Å². The van der Waals surface area contributed by atoms with Gasteiger partial charge >= 0.3 is 0 Å². The highest BCUT2D eigenvalue weighted by Crippen LogP contribution is 2.00. The van der Waals surface area contributed by atoms with Crippen LogP contribution < -0.4 is 0 Å². The molecule has 0 aliphatic rings. The van der Waals surface area contributed by atoms with Gasteiger partial charge in [-0.15, -0.1) is 0 Å². The molecule has 0 aliphatic carbocycles.